The third kappa shape index (κ3) is 5.82. The largest absolute Gasteiger partial charge is 0.491 e. The van der Waals surface area contributed by atoms with Gasteiger partial charge in [-0.2, -0.15) is 0 Å². The van der Waals surface area contributed by atoms with Gasteiger partial charge < -0.3 is 4.74 Å². The van der Waals surface area contributed by atoms with Crippen LogP contribution in [0.3, 0.4) is 0 Å². The number of thiocarbonyl (C=S) groups is 1. The van der Waals surface area contributed by atoms with E-state index in [-0.39, 0.29) is 11.2 Å². The molecule has 0 unspecified atom stereocenters. The van der Waals surface area contributed by atoms with Crippen LogP contribution in [0.5, 0.6) is 5.75 Å². The van der Waals surface area contributed by atoms with E-state index in [0.29, 0.717) is 16.9 Å². The predicted octanol–water partition coefficient (Wildman–Crippen LogP) is 2.21. The Morgan fingerprint density at radius 1 is 1.12 bits per heavy atom. The van der Waals surface area contributed by atoms with E-state index in [4.69, 9.17) is 17.0 Å². The number of carbonyl (C=O) groups is 2. The van der Waals surface area contributed by atoms with E-state index in [2.05, 4.69) is 21.2 Å². The van der Waals surface area contributed by atoms with Crippen LogP contribution < -0.4 is 20.9 Å². The Morgan fingerprint density at radius 3 is 2.54 bits per heavy atom. The Labute approximate surface area is 157 Å². The van der Waals surface area contributed by atoms with Gasteiger partial charge in [0.25, 0.3) is 11.8 Å². The number of ether oxygens (including phenoxy) is 1. The fourth-order valence-corrected chi connectivity index (χ4v) is 2.07. The summed E-state index contributed by atoms with van der Waals surface area (Å²) in [5, 5.41) is 2.47. The monoisotopic (exact) mass is 372 g/mol. The maximum absolute atomic E-state index is 12.3. The summed E-state index contributed by atoms with van der Waals surface area (Å²) >= 11 is 5.02. The number of rotatable bonds is 5. The van der Waals surface area contributed by atoms with Crippen LogP contribution in [-0.2, 0) is 0 Å². The SMILES string of the molecule is CC[C@@H](C)Oc1cccc(C(=O)NC(=S)NNC(=O)c2ccncc2)c1. The van der Waals surface area contributed by atoms with Crippen molar-refractivity contribution < 1.29 is 14.3 Å². The van der Waals surface area contributed by atoms with Crippen LogP contribution in [0.25, 0.3) is 0 Å². The van der Waals surface area contributed by atoms with Crippen molar-refractivity contribution in [2.75, 3.05) is 0 Å². The molecule has 136 valence electrons. The van der Waals surface area contributed by atoms with E-state index in [9.17, 15) is 9.59 Å². The molecule has 0 aliphatic rings. The summed E-state index contributed by atoms with van der Waals surface area (Å²) < 4.78 is 5.70. The van der Waals surface area contributed by atoms with E-state index in [1.807, 2.05) is 13.8 Å². The fourth-order valence-electron chi connectivity index (χ4n) is 1.92. The van der Waals surface area contributed by atoms with Crippen LogP contribution in [0.4, 0.5) is 0 Å². The zero-order valence-electron chi connectivity index (χ0n) is 14.5. The standard InChI is InChI=1S/C18H20N4O3S/c1-3-12(2)25-15-6-4-5-14(11-15)16(23)20-18(26)22-21-17(24)13-7-9-19-10-8-13/h4-12H,3H2,1-2H3,(H,21,24)(H2,20,22,23,26)/t12-/m1/s1. The van der Waals surface area contributed by atoms with E-state index >= 15 is 0 Å². The van der Waals surface area contributed by atoms with Crippen molar-refractivity contribution in [3.8, 4) is 5.75 Å². The number of amides is 2. The molecule has 26 heavy (non-hydrogen) atoms. The number of pyridine rings is 1. The van der Waals surface area contributed by atoms with E-state index in [1.165, 1.54) is 12.4 Å². The minimum absolute atomic E-state index is 0.0225. The lowest BCUT2D eigenvalue weighted by Crippen LogP contribution is -2.48. The summed E-state index contributed by atoms with van der Waals surface area (Å²) in [4.78, 5) is 28.0. The highest BCUT2D eigenvalue weighted by atomic mass is 32.1. The second kappa shape index (κ2) is 9.47. The van der Waals surface area contributed by atoms with Gasteiger partial charge in [0, 0.05) is 23.5 Å². The molecule has 0 saturated carbocycles. The normalized spacial score (nSPS) is 11.2. The molecule has 0 radical (unpaired) electrons. The van der Waals surface area contributed by atoms with Gasteiger partial charge in [0.1, 0.15) is 5.75 Å². The smallest absolute Gasteiger partial charge is 0.269 e. The summed E-state index contributed by atoms with van der Waals surface area (Å²) in [5.74, 6) is -0.194. The highest BCUT2D eigenvalue weighted by Gasteiger charge is 2.11. The third-order valence-corrected chi connectivity index (χ3v) is 3.67. The summed E-state index contributed by atoms with van der Waals surface area (Å²) in [7, 11) is 0. The van der Waals surface area contributed by atoms with E-state index in [1.54, 1.807) is 36.4 Å². The van der Waals surface area contributed by atoms with Gasteiger partial charge in [-0.1, -0.05) is 13.0 Å². The van der Waals surface area contributed by atoms with Gasteiger partial charge in [-0.3, -0.25) is 30.7 Å². The van der Waals surface area contributed by atoms with Crippen molar-refractivity contribution in [2.45, 2.75) is 26.4 Å². The minimum atomic E-state index is -0.407. The molecule has 0 spiro atoms. The number of aromatic nitrogens is 1. The highest BCUT2D eigenvalue weighted by molar-refractivity contribution is 7.80. The van der Waals surface area contributed by atoms with Crippen LogP contribution in [0, 0.1) is 0 Å². The number of hydrogen-bond donors (Lipinski definition) is 3. The average molecular weight is 372 g/mol. The molecular weight excluding hydrogens is 352 g/mol. The summed E-state index contributed by atoms with van der Waals surface area (Å²) in [6.45, 7) is 3.98. The van der Waals surface area contributed by atoms with Crippen molar-refractivity contribution in [1.82, 2.24) is 21.2 Å². The number of nitrogens with one attached hydrogen (secondary N) is 3. The second-order valence-corrected chi connectivity index (χ2v) is 5.87. The molecule has 0 aliphatic heterocycles. The molecule has 1 aromatic heterocycles. The maximum Gasteiger partial charge on any atom is 0.269 e. The van der Waals surface area contributed by atoms with Crippen LogP contribution in [0.2, 0.25) is 0 Å². The van der Waals surface area contributed by atoms with Crippen molar-refractivity contribution in [1.29, 1.82) is 0 Å². The number of hydrogen-bond acceptors (Lipinski definition) is 5. The molecule has 0 bridgehead atoms. The van der Waals surface area contributed by atoms with Gasteiger partial charge in [-0.05, 0) is 55.9 Å². The number of nitrogens with zero attached hydrogens (tertiary/aromatic N) is 1. The lowest BCUT2D eigenvalue weighted by molar-refractivity contribution is 0.0934. The minimum Gasteiger partial charge on any atom is -0.491 e. The summed E-state index contributed by atoms with van der Waals surface area (Å²) in [6, 6.07) is 9.92. The van der Waals surface area contributed by atoms with Crippen molar-refractivity contribution in [3.63, 3.8) is 0 Å². The first-order valence-corrected chi connectivity index (χ1v) is 8.48. The number of hydrazine groups is 1. The Balaban J connectivity index is 1.88. The Kier molecular flexibility index (Phi) is 7.04. The lowest BCUT2D eigenvalue weighted by Gasteiger charge is -2.14. The quantitative estimate of drug-likeness (QED) is 0.551. The van der Waals surface area contributed by atoms with Crippen LogP contribution in [0.15, 0.2) is 48.8 Å². The number of carbonyl (C=O) groups excluding carboxylic acids is 2. The lowest BCUT2D eigenvalue weighted by atomic mass is 10.2. The van der Waals surface area contributed by atoms with Crippen molar-refractivity contribution in [3.05, 3.63) is 59.9 Å². The molecule has 2 amide bonds. The molecule has 1 aromatic carbocycles. The van der Waals surface area contributed by atoms with Gasteiger partial charge in [0.15, 0.2) is 5.11 Å². The Hall–Kier alpha value is -3.00. The zero-order valence-corrected chi connectivity index (χ0v) is 15.3. The summed E-state index contributed by atoms with van der Waals surface area (Å²) in [5.41, 5.74) is 5.70. The van der Waals surface area contributed by atoms with Gasteiger partial charge >= 0.3 is 0 Å². The fraction of sp³-hybridized carbons (Fsp3) is 0.222. The van der Waals surface area contributed by atoms with Gasteiger partial charge in [0.05, 0.1) is 6.10 Å². The van der Waals surface area contributed by atoms with E-state index < -0.39 is 11.8 Å². The molecule has 1 heterocycles. The first-order chi connectivity index (χ1) is 12.5. The molecule has 0 aliphatic carbocycles. The van der Waals surface area contributed by atoms with Crippen LogP contribution in [-0.4, -0.2) is 28.0 Å². The Bertz CT molecular complexity index is 783. The molecule has 0 fully saturated rings. The van der Waals surface area contributed by atoms with Gasteiger partial charge in [0.2, 0.25) is 0 Å². The first-order valence-electron chi connectivity index (χ1n) is 8.08. The van der Waals surface area contributed by atoms with E-state index in [0.717, 1.165) is 6.42 Å². The third-order valence-electron chi connectivity index (χ3n) is 3.47. The molecule has 1 atom stereocenters. The summed E-state index contributed by atoms with van der Waals surface area (Å²) in [6.07, 6.45) is 3.92. The Morgan fingerprint density at radius 2 is 1.85 bits per heavy atom. The van der Waals surface area contributed by atoms with Crippen LogP contribution in [0.1, 0.15) is 41.0 Å². The molecule has 2 rings (SSSR count). The zero-order chi connectivity index (χ0) is 18.9. The molecule has 8 heteroatoms. The maximum atomic E-state index is 12.3. The van der Waals surface area contributed by atoms with Crippen molar-refractivity contribution >= 4 is 29.1 Å². The molecule has 7 nitrogen and oxygen atoms in total. The van der Waals surface area contributed by atoms with Gasteiger partial charge in [-0.15, -0.1) is 0 Å². The van der Waals surface area contributed by atoms with Crippen LogP contribution >= 0.6 is 12.2 Å². The topological polar surface area (TPSA) is 92.4 Å². The predicted molar refractivity (Wildman–Crippen MR) is 102 cm³/mol. The highest BCUT2D eigenvalue weighted by Crippen LogP contribution is 2.15. The van der Waals surface area contributed by atoms with Gasteiger partial charge in [-0.25, -0.2) is 0 Å². The molecule has 3 N–H and O–H groups in total. The molecule has 0 saturated heterocycles. The molecular formula is C18H20N4O3S. The average Bonchev–Trinajstić information content (AvgIpc) is 2.66. The second-order valence-electron chi connectivity index (χ2n) is 5.46. The van der Waals surface area contributed by atoms with Crippen molar-refractivity contribution in [2.24, 2.45) is 0 Å². The molecule has 2 aromatic rings. The first kappa shape index (κ1) is 19.3. The number of benzene rings is 1.